The number of amides is 4. The van der Waals surface area contributed by atoms with Crippen LogP contribution in [0.2, 0.25) is 0 Å². The highest BCUT2D eigenvalue weighted by atomic mass is 16.3. The molecule has 12 heteroatoms. The van der Waals surface area contributed by atoms with Crippen LogP contribution < -0.4 is 10.6 Å². The summed E-state index contributed by atoms with van der Waals surface area (Å²) in [5.41, 5.74) is 6.94. The molecule has 3 aromatic heterocycles. The molecule has 0 saturated carbocycles. The average Bonchev–Trinajstić information content (AvgIpc) is 4.07. The summed E-state index contributed by atoms with van der Waals surface area (Å²) in [7, 11) is 0. The lowest BCUT2D eigenvalue weighted by molar-refractivity contribution is -0.120. The molecule has 0 aliphatic carbocycles. The zero-order valence-electron chi connectivity index (χ0n) is 29.7. The van der Waals surface area contributed by atoms with Crippen LogP contribution in [0, 0.1) is 0 Å². The van der Waals surface area contributed by atoms with Crippen molar-refractivity contribution < 1.29 is 28.0 Å². The number of aromatic amines is 1. The van der Waals surface area contributed by atoms with Crippen LogP contribution in [0.15, 0.2) is 125 Å². The summed E-state index contributed by atoms with van der Waals surface area (Å²) < 4.78 is 10.8. The Morgan fingerprint density at radius 3 is 1.62 bits per heavy atom. The van der Waals surface area contributed by atoms with E-state index < -0.39 is 12.1 Å². The van der Waals surface area contributed by atoms with Crippen molar-refractivity contribution in [1.29, 1.82) is 0 Å². The second kappa shape index (κ2) is 14.1. The van der Waals surface area contributed by atoms with Crippen LogP contribution in [-0.2, 0) is 9.59 Å². The third-order valence-electron chi connectivity index (χ3n) is 10.5. The number of nitrogens with one attached hydrogen (secondary N) is 3. The Balaban J connectivity index is 0.834. The molecule has 2 unspecified atom stereocenters. The number of H-pyrrole nitrogens is 1. The van der Waals surface area contributed by atoms with Gasteiger partial charge in [0, 0.05) is 57.5 Å². The van der Waals surface area contributed by atoms with Crippen LogP contribution in [0.5, 0.6) is 0 Å². The highest BCUT2D eigenvalue weighted by Crippen LogP contribution is 2.32. The number of nitrogens with zero attached hydrogens (tertiary/aromatic N) is 3. The SMILES string of the molecule is O=C(Nc1ccc(-c2nc[nH]c2-c2ccc(NC(=O)C3CCCN3C(=O)c3ccc4occc4c3)cc2)cc1)C1CCCN1C(=O)c1ccc2occc2c1. The number of benzene rings is 4. The molecule has 4 aromatic carbocycles. The van der Waals surface area contributed by atoms with Gasteiger partial charge in [-0.05, 0) is 98.5 Å². The van der Waals surface area contributed by atoms with Crippen molar-refractivity contribution in [3.63, 3.8) is 0 Å². The quantitative estimate of drug-likeness (QED) is 0.145. The van der Waals surface area contributed by atoms with Crippen molar-refractivity contribution in [3.8, 4) is 22.5 Å². The smallest absolute Gasteiger partial charge is 0.254 e. The first-order valence-electron chi connectivity index (χ1n) is 18.3. The van der Waals surface area contributed by atoms with E-state index >= 15 is 0 Å². The zero-order valence-corrected chi connectivity index (χ0v) is 29.7. The lowest BCUT2D eigenvalue weighted by Crippen LogP contribution is -2.43. The predicted molar refractivity (Wildman–Crippen MR) is 207 cm³/mol. The number of likely N-dealkylation sites (tertiary alicyclic amines) is 2. The van der Waals surface area contributed by atoms with Crippen molar-refractivity contribution in [1.82, 2.24) is 19.8 Å². The Bertz CT molecular complexity index is 2390. The Hall–Kier alpha value is -6.95. The molecular weight excluding hydrogens is 697 g/mol. The first kappa shape index (κ1) is 33.9. The predicted octanol–water partition coefficient (Wildman–Crippen LogP) is 7.72. The van der Waals surface area contributed by atoms with Gasteiger partial charge in [0.05, 0.1) is 30.2 Å². The van der Waals surface area contributed by atoms with Crippen LogP contribution in [-0.4, -0.2) is 68.6 Å². The van der Waals surface area contributed by atoms with E-state index in [2.05, 4.69) is 20.6 Å². The van der Waals surface area contributed by atoms with E-state index in [0.29, 0.717) is 59.6 Å². The summed E-state index contributed by atoms with van der Waals surface area (Å²) in [6, 6.07) is 28.0. The average molecular weight is 733 g/mol. The van der Waals surface area contributed by atoms with Gasteiger partial charge in [0.25, 0.3) is 11.8 Å². The molecule has 4 amide bonds. The second-order valence-electron chi connectivity index (χ2n) is 13.9. The minimum Gasteiger partial charge on any atom is -0.464 e. The van der Waals surface area contributed by atoms with Crippen molar-refractivity contribution in [3.05, 3.63) is 127 Å². The molecule has 2 fully saturated rings. The van der Waals surface area contributed by atoms with Crippen molar-refractivity contribution in [2.75, 3.05) is 23.7 Å². The molecule has 0 radical (unpaired) electrons. The third-order valence-corrected chi connectivity index (χ3v) is 10.5. The minimum atomic E-state index is -0.568. The number of carbonyl (C=O) groups is 4. The van der Waals surface area contributed by atoms with Crippen LogP contribution in [0.4, 0.5) is 11.4 Å². The molecule has 274 valence electrons. The lowest BCUT2D eigenvalue weighted by Gasteiger charge is -2.24. The monoisotopic (exact) mass is 732 g/mol. The number of imidazole rings is 1. The molecule has 2 saturated heterocycles. The van der Waals surface area contributed by atoms with Crippen molar-refractivity contribution in [2.45, 2.75) is 37.8 Å². The van der Waals surface area contributed by atoms with Crippen molar-refractivity contribution in [2.24, 2.45) is 0 Å². The van der Waals surface area contributed by atoms with Crippen LogP contribution in [0.25, 0.3) is 44.5 Å². The fourth-order valence-corrected chi connectivity index (χ4v) is 7.71. The van der Waals surface area contributed by atoms with E-state index in [4.69, 9.17) is 8.83 Å². The van der Waals surface area contributed by atoms with Crippen LogP contribution in [0.1, 0.15) is 46.4 Å². The number of carbonyl (C=O) groups excluding carboxylic acids is 4. The van der Waals surface area contributed by atoms with E-state index in [1.165, 1.54) is 0 Å². The lowest BCUT2D eigenvalue weighted by atomic mass is 10.0. The first-order valence-corrected chi connectivity index (χ1v) is 18.3. The van der Waals surface area contributed by atoms with Gasteiger partial charge < -0.3 is 34.3 Å². The summed E-state index contributed by atoms with van der Waals surface area (Å²) in [4.78, 5) is 64.7. The molecule has 12 nitrogen and oxygen atoms in total. The van der Waals surface area contributed by atoms with Gasteiger partial charge in [-0.15, -0.1) is 0 Å². The maximum atomic E-state index is 13.4. The van der Waals surface area contributed by atoms with E-state index in [-0.39, 0.29) is 23.6 Å². The van der Waals surface area contributed by atoms with Gasteiger partial charge in [-0.1, -0.05) is 24.3 Å². The summed E-state index contributed by atoms with van der Waals surface area (Å²) in [5.74, 6) is -0.802. The number of fused-ring (bicyclic) bond motifs is 2. The van der Waals surface area contributed by atoms with E-state index in [9.17, 15) is 19.2 Å². The Morgan fingerprint density at radius 2 is 1.11 bits per heavy atom. The molecule has 9 rings (SSSR count). The number of hydrogen-bond donors (Lipinski definition) is 3. The van der Waals surface area contributed by atoms with Crippen LogP contribution in [0.3, 0.4) is 0 Å². The number of hydrogen-bond acceptors (Lipinski definition) is 7. The number of rotatable bonds is 8. The molecule has 2 atom stereocenters. The van der Waals surface area contributed by atoms with E-state index in [1.54, 1.807) is 65.1 Å². The van der Waals surface area contributed by atoms with Gasteiger partial charge in [-0.3, -0.25) is 19.2 Å². The fourth-order valence-electron chi connectivity index (χ4n) is 7.71. The largest absolute Gasteiger partial charge is 0.464 e. The van der Waals surface area contributed by atoms with Gasteiger partial charge in [-0.2, -0.15) is 0 Å². The molecule has 2 aliphatic rings. The first-order chi connectivity index (χ1) is 26.9. The zero-order chi connectivity index (χ0) is 37.5. The second-order valence-corrected chi connectivity index (χ2v) is 13.9. The standard InChI is InChI=1S/C43H36N6O6/c50-40(34-3-1-19-48(34)42(52)30-9-15-36-28(23-30)17-21-54-36)46-32-11-5-26(6-12-32)38-39(45-25-44-38)27-7-13-33(14-8-27)47-41(51)35-4-2-20-49(35)43(53)31-10-16-37-29(24-31)18-22-55-37/h5-18,21-25,34-35H,1-4,19-20H2,(H,44,45)(H,46,50)(H,47,51). The number of aromatic nitrogens is 2. The highest BCUT2D eigenvalue weighted by Gasteiger charge is 2.36. The Morgan fingerprint density at radius 1 is 0.618 bits per heavy atom. The summed E-state index contributed by atoms with van der Waals surface area (Å²) in [5, 5.41) is 7.67. The molecule has 55 heavy (non-hydrogen) atoms. The maximum Gasteiger partial charge on any atom is 0.254 e. The van der Waals surface area contributed by atoms with E-state index in [0.717, 1.165) is 46.1 Å². The van der Waals surface area contributed by atoms with Gasteiger partial charge in [0.15, 0.2) is 0 Å². The minimum absolute atomic E-state index is 0.175. The molecule has 2 aliphatic heterocycles. The number of furan rings is 2. The van der Waals surface area contributed by atoms with Gasteiger partial charge >= 0.3 is 0 Å². The molecule has 3 N–H and O–H groups in total. The van der Waals surface area contributed by atoms with Crippen molar-refractivity contribution >= 4 is 56.9 Å². The van der Waals surface area contributed by atoms with Gasteiger partial charge in [-0.25, -0.2) is 4.98 Å². The maximum absolute atomic E-state index is 13.4. The summed E-state index contributed by atoms with van der Waals surface area (Å²) >= 11 is 0. The Labute approximate surface area is 315 Å². The molecular formula is C43H36N6O6. The van der Waals surface area contributed by atoms with E-state index in [1.807, 2.05) is 60.7 Å². The fraction of sp³-hybridized carbons (Fsp3) is 0.186. The Kier molecular flexibility index (Phi) is 8.69. The number of anilines is 2. The topological polar surface area (TPSA) is 154 Å². The molecule has 5 heterocycles. The van der Waals surface area contributed by atoms with Gasteiger partial charge in [0.2, 0.25) is 11.8 Å². The highest BCUT2D eigenvalue weighted by molar-refractivity contribution is 6.04. The summed E-state index contributed by atoms with van der Waals surface area (Å²) in [6.45, 7) is 1.03. The molecule has 0 bridgehead atoms. The molecule has 7 aromatic rings. The van der Waals surface area contributed by atoms with Gasteiger partial charge in [0.1, 0.15) is 23.2 Å². The molecule has 0 spiro atoms. The third kappa shape index (κ3) is 6.52. The summed E-state index contributed by atoms with van der Waals surface area (Å²) in [6.07, 6.45) is 7.48. The van der Waals surface area contributed by atoms with Crippen LogP contribution >= 0.6 is 0 Å². The normalized spacial score (nSPS) is 16.9.